The molecule has 0 saturated heterocycles. The van der Waals surface area contributed by atoms with Gasteiger partial charge in [0.05, 0.1) is 0 Å². The van der Waals surface area contributed by atoms with Crippen LogP contribution in [0.5, 0.6) is 5.75 Å². The molecule has 3 nitrogen and oxygen atoms in total. The lowest BCUT2D eigenvalue weighted by atomic mass is 10.1. The Balaban J connectivity index is 2.19. The van der Waals surface area contributed by atoms with Crippen molar-refractivity contribution >= 4 is 29.2 Å². The van der Waals surface area contributed by atoms with Crippen LogP contribution in [-0.2, 0) is 4.79 Å². The first-order valence-electron chi connectivity index (χ1n) is 5.73. The van der Waals surface area contributed by atoms with Crippen LogP contribution >= 0.6 is 23.2 Å². The first kappa shape index (κ1) is 14.4. The number of carboxylic acid groups (broad SMARTS) is 1. The molecule has 1 N–H and O–H groups in total. The number of hydrogen-bond donors (Lipinski definition) is 1. The van der Waals surface area contributed by atoms with Crippen LogP contribution in [0, 0.1) is 5.82 Å². The van der Waals surface area contributed by atoms with Gasteiger partial charge in [-0.2, -0.15) is 0 Å². The van der Waals surface area contributed by atoms with Crippen LogP contribution in [0.25, 0.3) is 0 Å². The predicted octanol–water partition coefficient (Wildman–Crippen LogP) is 3.73. The molecule has 1 aromatic rings. The summed E-state index contributed by atoms with van der Waals surface area (Å²) in [5, 5.41) is 8.93. The van der Waals surface area contributed by atoms with Gasteiger partial charge in [-0.3, -0.25) is 0 Å². The molecule has 1 fully saturated rings. The number of halogens is 3. The van der Waals surface area contributed by atoms with Crippen molar-refractivity contribution in [2.45, 2.75) is 36.1 Å². The molecular weight excluding hydrogens is 294 g/mol. The SMILES string of the molecule is CC(C)(Oc1ccc(C2CC2(Cl)Cl)cc1F)C(=O)O. The number of carboxylic acids is 1. The fourth-order valence-corrected chi connectivity index (χ4v) is 2.27. The molecule has 2 rings (SSSR count). The van der Waals surface area contributed by atoms with Gasteiger partial charge in [-0.1, -0.05) is 6.07 Å². The molecule has 0 aliphatic heterocycles. The number of hydrogen-bond acceptors (Lipinski definition) is 2. The van der Waals surface area contributed by atoms with E-state index in [0.717, 1.165) is 0 Å². The van der Waals surface area contributed by atoms with E-state index in [9.17, 15) is 9.18 Å². The second kappa shape index (κ2) is 4.53. The topological polar surface area (TPSA) is 46.5 Å². The van der Waals surface area contributed by atoms with Crippen LogP contribution in [-0.4, -0.2) is 21.0 Å². The van der Waals surface area contributed by atoms with Gasteiger partial charge in [-0.15, -0.1) is 23.2 Å². The lowest BCUT2D eigenvalue weighted by Crippen LogP contribution is -2.38. The second-order valence-electron chi connectivity index (χ2n) is 5.13. The molecule has 1 aliphatic rings. The van der Waals surface area contributed by atoms with E-state index in [1.807, 2.05) is 0 Å². The third-order valence-corrected chi connectivity index (χ3v) is 3.90. The Morgan fingerprint density at radius 1 is 1.53 bits per heavy atom. The van der Waals surface area contributed by atoms with Gasteiger partial charge in [-0.05, 0) is 38.0 Å². The third kappa shape index (κ3) is 2.95. The highest BCUT2D eigenvalue weighted by molar-refractivity contribution is 6.51. The monoisotopic (exact) mass is 306 g/mol. The summed E-state index contributed by atoms with van der Waals surface area (Å²) in [5.41, 5.74) is -0.812. The fourth-order valence-electron chi connectivity index (χ4n) is 1.71. The van der Waals surface area contributed by atoms with E-state index in [1.54, 1.807) is 6.07 Å². The minimum Gasteiger partial charge on any atom is -0.478 e. The number of benzene rings is 1. The maximum Gasteiger partial charge on any atom is 0.347 e. The van der Waals surface area contributed by atoms with E-state index >= 15 is 0 Å². The first-order valence-corrected chi connectivity index (χ1v) is 6.49. The molecular formula is C13H13Cl2FO3. The molecule has 104 valence electrons. The summed E-state index contributed by atoms with van der Waals surface area (Å²) < 4.78 is 18.2. The maximum atomic E-state index is 13.9. The van der Waals surface area contributed by atoms with E-state index < -0.39 is 21.7 Å². The lowest BCUT2D eigenvalue weighted by Gasteiger charge is -2.22. The Labute approximate surface area is 120 Å². The molecule has 0 aromatic heterocycles. The van der Waals surface area contributed by atoms with Gasteiger partial charge >= 0.3 is 5.97 Å². The maximum absolute atomic E-state index is 13.9. The Hall–Kier alpha value is -1.00. The molecule has 6 heteroatoms. The Morgan fingerprint density at radius 3 is 2.53 bits per heavy atom. The van der Waals surface area contributed by atoms with E-state index in [-0.39, 0.29) is 11.7 Å². The standard InChI is InChI=1S/C13H13Cl2FO3/c1-12(2,11(17)18)19-10-4-3-7(5-9(10)16)8-6-13(8,14)15/h3-5,8H,6H2,1-2H3,(H,17,18). The van der Waals surface area contributed by atoms with Crippen molar-refractivity contribution < 1.29 is 19.0 Å². The normalized spacial score (nSPS) is 21.0. The molecule has 0 radical (unpaired) electrons. The summed E-state index contributed by atoms with van der Waals surface area (Å²) in [5.74, 6) is -1.99. The first-order chi connectivity index (χ1) is 8.63. The zero-order valence-electron chi connectivity index (χ0n) is 10.4. The lowest BCUT2D eigenvalue weighted by molar-refractivity contribution is -0.152. The van der Waals surface area contributed by atoms with Crippen LogP contribution < -0.4 is 4.74 Å². The zero-order chi connectivity index (χ0) is 14.4. The quantitative estimate of drug-likeness (QED) is 0.862. The highest BCUT2D eigenvalue weighted by atomic mass is 35.5. The molecule has 1 aliphatic carbocycles. The van der Waals surface area contributed by atoms with Crippen molar-refractivity contribution in [1.82, 2.24) is 0 Å². The molecule has 0 bridgehead atoms. The summed E-state index contributed by atoms with van der Waals surface area (Å²) in [4.78, 5) is 10.9. The van der Waals surface area contributed by atoms with Crippen molar-refractivity contribution in [2.75, 3.05) is 0 Å². The molecule has 1 unspecified atom stereocenters. The number of ether oxygens (including phenoxy) is 1. The summed E-state index contributed by atoms with van der Waals surface area (Å²) >= 11 is 11.8. The van der Waals surface area contributed by atoms with E-state index in [2.05, 4.69) is 0 Å². The minimum atomic E-state index is -1.50. The molecule has 0 spiro atoms. The van der Waals surface area contributed by atoms with Crippen LogP contribution in [0.15, 0.2) is 18.2 Å². The number of aliphatic carboxylic acids is 1. The van der Waals surface area contributed by atoms with Gasteiger partial charge in [0, 0.05) is 5.92 Å². The third-order valence-electron chi connectivity index (χ3n) is 3.06. The Morgan fingerprint density at radius 2 is 2.11 bits per heavy atom. The molecule has 19 heavy (non-hydrogen) atoms. The number of rotatable bonds is 4. The van der Waals surface area contributed by atoms with Crippen LogP contribution in [0.4, 0.5) is 4.39 Å². The largest absolute Gasteiger partial charge is 0.478 e. The van der Waals surface area contributed by atoms with Gasteiger partial charge in [-0.25, -0.2) is 9.18 Å². The van der Waals surface area contributed by atoms with Crippen molar-refractivity contribution in [3.8, 4) is 5.75 Å². The van der Waals surface area contributed by atoms with Crippen LogP contribution in [0.2, 0.25) is 0 Å². The minimum absolute atomic E-state index is 0.0909. The Bertz CT molecular complexity index is 529. The second-order valence-corrected chi connectivity index (χ2v) is 6.67. The smallest absolute Gasteiger partial charge is 0.347 e. The zero-order valence-corrected chi connectivity index (χ0v) is 11.9. The highest BCUT2D eigenvalue weighted by Gasteiger charge is 2.52. The molecule has 1 saturated carbocycles. The average Bonchev–Trinajstić information content (AvgIpc) is 2.90. The van der Waals surface area contributed by atoms with E-state index in [0.29, 0.717) is 12.0 Å². The van der Waals surface area contributed by atoms with Gasteiger partial charge < -0.3 is 9.84 Å². The van der Waals surface area contributed by atoms with Crippen LogP contribution in [0.1, 0.15) is 31.7 Å². The highest BCUT2D eigenvalue weighted by Crippen LogP contribution is 2.59. The molecule has 1 aromatic carbocycles. The van der Waals surface area contributed by atoms with Crippen molar-refractivity contribution in [3.05, 3.63) is 29.6 Å². The van der Waals surface area contributed by atoms with E-state index in [1.165, 1.54) is 26.0 Å². The summed E-state index contributed by atoms with van der Waals surface area (Å²) in [6.07, 6.45) is 0.580. The Kier molecular flexibility index (Phi) is 3.43. The number of alkyl halides is 2. The van der Waals surface area contributed by atoms with Crippen molar-refractivity contribution in [2.24, 2.45) is 0 Å². The summed E-state index contributed by atoms with van der Waals surface area (Å²) in [6, 6.07) is 4.33. The van der Waals surface area contributed by atoms with Crippen molar-refractivity contribution in [1.29, 1.82) is 0 Å². The van der Waals surface area contributed by atoms with Gasteiger partial charge in [0.1, 0.15) is 4.33 Å². The van der Waals surface area contributed by atoms with Gasteiger partial charge in [0.15, 0.2) is 17.2 Å². The van der Waals surface area contributed by atoms with E-state index in [4.69, 9.17) is 33.0 Å². The van der Waals surface area contributed by atoms with Crippen molar-refractivity contribution in [3.63, 3.8) is 0 Å². The summed E-state index contributed by atoms with van der Waals surface area (Å²) in [7, 11) is 0. The van der Waals surface area contributed by atoms with Crippen LogP contribution in [0.3, 0.4) is 0 Å². The average molecular weight is 307 g/mol. The molecule has 0 heterocycles. The predicted molar refractivity (Wildman–Crippen MR) is 70.5 cm³/mol. The molecule has 1 atom stereocenters. The fraction of sp³-hybridized carbons (Fsp3) is 0.462. The van der Waals surface area contributed by atoms with Gasteiger partial charge in [0.2, 0.25) is 0 Å². The summed E-state index contributed by atoms with van der Waals surface area (Å²) in [6.45, 7) is 2.71. The number of carbonyl (C=O) groups is 1. The molecule has 0 amide bonds. The van der Waals surface area contributed by atoms with Gasteiger partial charge in [0.25, 0.3) is 0 Å².